The van der Waals surface area contributed by atoms with Crippen LogP contribution in [0.3, 0.4) is 0 Å². The maximum absolute atomic E-state index is 6.09. The minimum absolute atomic E-state index is 0.447. The van der Waals surface area contributed by atoms with Crippen molar-refractivity contribution in [2.75, 3.05) is 19.8 Å². The van der Waals surface area contributed by atoms with E-state index >= 15 is 0 Å². The second kappa shape index (κ2) is 6.70. The van der Waals surface area contributed by atoms with Gasteiger partial charge in [-0.05, 0) is 57.8 Å². The van der Waals surface area contributed by atoms with Crippen molar-refractivity contribution in [2.24, 2.45) is 17.8 Å². The van der Waals surface area contributed by atoms with E-state index in [-0.39, 0.29) is 0 Å². The average molecular weight is 286 g/mol. The maximum Gasteiger partial charge on any atom is 0.504 e. The Morgan fingerprint density at radius 3 is 1.89 bits per heavy atom. The van der Waals surface area contributed by atoms with E-state index in [9.17, 15) is 0 Å². The first kappa shape index (κ1) is 15.5. The lowest BCUT2D eigenvalue weighted by molar-refractivity contribution is 0.0512. The predicted molar refractivity (Wildman–Crippen MR) is 79.0 cm³/mol. The summed E-state index contributed by atoms with van der Waals surface area (Å²) in [5.41, 5.74) is 0.447. The van der Waals surface area contributed by atoms with Crippen molar-refractivity contribution < 1.29 is 13.3 Å². The molecule has 2 aliphatic carbocycles. The summed E-state index contributed by atoms with van der Waals surface area (Å²) in [7, 11) is -2.50. The molecule has 4 atom stereocenters. The van der Waals surface area contributed by atoms with E-state index in [4.69, 9.17) is 13.3 Å². The molecule has 0 heterocycles. The van der Waals surface area contributed by atoms with Gasteiger partial charge in [-0.15, -0.1) is 0 Å². The molecule has 0 aromatic carbocycles. The lowest BCUT2D eigenvalue weighted by Gasteiger charge is -2.39. The number of hydrogen-bond donors (Lipinski definition) is 0. The van der Waals surface area contributed by atoms with E-state index < -0.39 is 8.80 Å². The number of rotatable bonds is 8. The first-order valence-electron chi connectivity index (χ1n) is 8.08. The van der Waals surface area contributed by atoms with Gasteiger partial charge >= 0.3 is 8.80 Å². The van der Waals surface area contributed by atoms with Crippen LogP contribution in [0.4, 0.5) is 0 Å². The Morgan fingerprint density at radius 1 is 0.947 bits per heavy atom. The van der Waals surface area contributed by atoms with Gasteiger partial charge in [0.05, 0.1) is 0 Å². The fourth-order valence-electron chi connectivity index (χ4n) is 4.29. The van der Waals surface area contributed by atoms with E-state index in [1.165, 1.54) is 25.7 Å². The molecule has 2 rings (SSSR count). The average Bonchev–Trinajstić information content (AvgIpc) is 3.01. The molecule has 4 unspecified atom stereocenters. The Kier molecular flexibility index (Phi) is 5.46. The summed E-state index contributed by atoms with van der Waals surface area (Å²) in [6.07, 6.45) is 5.66. The Bertz CT molecular complexity index is 268. The third-order valence-corrected chi connectivity index (χ3v) is 8.65. The summed E-state index contributed by atoms with van der Waals surface area (Å²) in [5, 5.41) is 0. The third kappa shape index (κ3) is 3.07. The van der Waals surface area contributed by atoms with Crippen LogP contribution < -0.4 is 0 Å². The lowest BCUT2D eigenvalue weighted by atomic mass is 9.87. The van der Waals surface area contributed by atoms with Crippen molar-refractivity contribution in [3.05, 3.63) is 0 Å². The topological polar surface area (TPSA) is 27.7 Å². The van der Waals surface area contributed by atoms with Crippen molar-refractivity contribution in [3.8, 4) is 0 Å². The van der Waals surface area contributed by atoms with Gasteiger partial charge in [0.1, 0.15) is 0 Å². The first-order chi connectivity index (χ1) is 9.16. The highest BCUT2D eigenvalue weighted by atomic mass is 28.4. The largest absolute Gasteiger partial charge is 0.504 e. The van der Waals surface area contributed by atoms with Crippen LogP contribution in [-0.4, -0.2) is 28.6 Å². The second-order valence-corrected chi connectivity index (χ2v) is 9.01. The van der Waals surface area contributed by atoms with Crippen LogP contribution in [0.2, 0.25) is 5.54 Å². The van der Waals surface area contributed by atoms with Gasteiger partial charge in [-0.2, -0.15) is 0 Å². The van der Waals surface area contributed by atoms with E-state index in [0.717, 1.165) is 17.8 Å². The monoisotopic (exact) mass is 286 g/mol. The fraction of sp³-hybridized carbons (Fsp3) is 1.00. The zero-order chi connectivity index (χ0) is 13.9. The molecule has 2 bridgehead atoms. The highest BCUT2D eigenvalue weighted by Gasteiger charge is 2.54. The molecule has 0 spiro atoms. The molecule has 0 aromatic rings. The van der Waals surface area contributed by atoms with Crippen molar-refractivity contribution in [1.82, 2.24) is 0 Å². The molecular weight excluding hydrogens is 256 g/mol. The van der Waals surface area contributed by atoms with Crippen molar-refractivity contribution >= 4 is 8.80 Å². The Morgan fingerprint density at radius 2 is 1.53 bits per heavy atom. The highest BCUT2D eigenvalue weighted by molar-refractivity contribution is 6.62. The molecule has 0 saturated heterocycles. The quantitative estimate of drug-likeness (QED) is 0.634. The number of fused-ring (bicyclic) bond motifs is 2. The second-order valence-electron chi connectivity index (χ2n) is 6.03. The minimum atomic E-state index is -2.50. The molecule has 0 amide bonds. The normalized spacial score (nSPS) is 31.9. The smallest absolute Gasteiger partial charge is 0.374 e. The summed E-state index contributed by atoms with van der Waals surface area (Å²) in [6, 6.07) is 0. The summed E-state index contributed by atoms with van der Waals surface area (Å²) >= 11 is 0. The predicted octanol–water partition coefficient (Wildman–Crippen LogP) is 3.86. The molecule has 2 fully saturated rings. The van der Waals surface area contributed by atoms with Crippen LogP contribution in [0.1, 0.15) is 53.4 Å². The van der Waals surface area contributed by atoms with Crippen LogP contribution in [0.5, 0.6) is 0 Å². The molecule has 2 aliphatic rings. The Hall–Kier alpha value is 0.0969. The van der Waals surface area contributed by atoms with Crippen LogP contribution in [0.15, 0.2) is 0 Å². The third-order valence-electron chi connectivity index (χ3n) is 5.03. The molecule has 19 heavy (non-hydrogen) atoms. The zero-order valence-corrected chi connectivity index (χ0v) is 14.0. The van der Waals surface area contributed by atoms with Gasteiger partial charge in [-0.25, -0.2) is 0 Å². The van der Waals surface area contributed by atoms with Crippen molar-refractivity contribution in [3.63, 3.8) is 0 Å². The van der Waals surface area contributed by atoms with Gasteiger partial charge in [-0.3, -0.25) is 0 Å². The summed E-state index contributed by atoms with van der Waals surface area (Å²) < 4.78 is 18.3. The fourth-order valence-corrected chi connectivity index (χ4v) is 7.47. The van der Waals surface area contributed by atoms with E-state index in [1.54, 1.807) is 0 Å². The number of hydrogen-bond acceptors (Lipinski definition) is 3. The zero-order valence-electron chi connectivity index (χ0n) is 13.0. The van der Waals surface area contributed by atoms with E-state index in [1.807, 2.05) is 20.8 Å². The summed E-state index contributed by atoms with van der Waals surface area (Å²) in [5.74, 6) is 2.62. The Labute approximate surface area is 119 Å². The van der Waals surface area contributed by atoms with Gasteiger partial charge in [0.25, 0.3) is 0 Å². The van der Waals surface area contributed by atoms with Crippen LogP contribution in [-0.2, 0) is 13.3 Å². The SMILES string of the molecule is CCO[Si](OCC)(OCC)C(C)C1CC2CCC1C2. The van der Waals surface area contributed by atoms with E-state index in [2.05, 4.69) is 6.92 Å². The van der Waals surface area contributed by atoms with E-state index in [0.29, 0.717) is 25.4 Å². The maximum atomic E-state index is 6.09. The van der Waals surface area contributed by atoms with Gasteiger partial charge < -0.3 is 13.3 Å². The van der Waals surface area contributed by atoms with Crippen LogP contribution >= 0.6 is 0 Å². The standard InChI is InChI=1S/C15H30O3Si/c1-5-16-19(17-6-2,18-7-3)12(4)15-11-13-8-9-14(15)10-13/h12-15H,5-11H2,1-4H3. The van der Waals surface area contributed by atoms with Crippen molar-refractivity contribution in [1.29, 1.82) is 0 Å². The van der Waals surface area contributed by atoms with Gasteiger partial charge in [0, 0.05) is 25.4 Å². The first-order valence-corrected chi connectivity index (χ1v) is 9.88. The molecule has 4 heteroatoms. The molecule has 0 radical (unpaired) electrons. The molecule has 112 valence electrons. The summed E-state index contributed by atoms with van der Waals surface area (Å²) in [6.45, 7) is 10.5. The summed E-state index contributed by atoms with van der Waals surface area (Å²) in [4.78, 5) is 0. The molecule has 0 aliphatic heterocycles. The molecule has 0 N–H and O–H groups in total. The van der Waals surface area contributed by atoms with Crippen LogP contribution in [0.25, 0.3) is 0 Å². The molecule has 3 nitrogen and oxygen atoms in total. The lowest BCUT2D eigenvalue weighted by Crippen LogP contribution is -2.52. The van der Waals surface area contributed by atoms with Gasteiger partial charge in [-0.1, -0.05) is 13.3 Å². The van der Waals surface area contributed by atoms with Crippen LogP contribution in [0, 0.1) is 17.8 Å². The van der Waals surface area contributed by atoms with Gasteiger partial charge in [0.15, 0.2) is 0 Å². The minimum Gasteiger partial charge on any atom is -0.374 e. The molecule has 0 aromatic heterocycles. The molecule has 2 saturated carbocycles. The highest BCUT2D eigenvalue weighted by Crippen LogP contribution is 2.54. The van der Waals surface area contributed by atoms with Gasteiger partial charge in [0.2, 0.25) is 0 Å². The molecular formula is C15H30O3Si. The van der Waals surface area contributed by atoms with Crippen molar-refractivity contribution in [2.45, 2.75) is 58.9 Å². The Balaban J connectivity index is 2.11.